The van der Waals surface area contributed by atoms with Gasteiger partial charge in [-0.3, -0.25) is 4.90 Å². The maximum absolute atomic E-state index is 6.09. The number of anilines is 1. The molecule has 2 N–H and O–H groups in total. The van der Waals surface area contributed by atoms with E-state index in [0.717, 1.165) is 31.6 Å². The van der Waals surface area contributed by atoms with Gasteiger partial charge in [-0.2, -0.15) is 11.3 Å². The summed E-state index contributed by atoms with van der Waals surface area (Å²) in [5, 5.41) is 4.43. The third kappa shape index (κ3) is 2.74. The van der Waals surface area contributed by atoms with Crippen molar-refractivity contribution in [3.8, 4) is 0 Å². The third-order valence-corrected chi connectivity index (χ3v) is 5.11. The van der Waals surface area contributed by atoms with E-state index in [0.29, 0.717) is 6.04 Å². The van der Waals surface area contributed by atoms with Gasteiger partial charge in [0, 0.05) is 18.3 Å². The van der Waals surface area contributed by atoms with Crippen LogP contribution in [-0.4, -0.2) is 17.5 Å². The minimum Gasteiger partial charge on any atom is -0.398 e. The van der Waals surface area contributed by atoms with E-state index >= 15 is 0 Å². The van der Waals surface area contributed by atoms with Crippen molar-refractivity contribution < 1.29 is 0 Å². The molecule has 2 aromatic rings. The molecule has 1 aliphatic carbocycles. The topological polar surface area (TPSA) is 29.3 Å². The molecular formula is C17H22N2S. The van der Waals surface area contributed by atoms with Crippen LogP contribution in [0.3, 0.4) is 0 Å². The number of thiophene rings is 1. The van der Waals surface area contributed by atoms with Gasteiger partial charge in [-0.25, -0.2) is 0 Å². The highest BCUT2D eigenvalue weighted by Gasteiger charge is 2.24. The lowest BCUT2D eigenvalue weighted by Gasteiger charge is -2.34. The average molecular weight is 286 g/mol. The molecule has 0 bridgehead atoms. The van der Waals surface area contributed by atoms with Crippen molar-refractivity contribution in [1.29, 1.82) is 0 Å². The van der Waals surface area contributed by atoms with Crippen LogP contribution in [0, 0.1) is 0 Å². The van der Waals surface area contributed by atoms with Crippen LogP contribution in [0.1, 0.15) is 30.0 Å². The Balaban J connectivity index is 1.74. The molecule has 2 nitrogen and oxygen atoms in total. The first-order chi connectivity index (χ1) is 9.78. The molecule has 0 amide bonds. The number of rotatable bonds is 4. The number of hydrogen-bond donors (Lipinski definition) is 1. The van der Waals surface area contributed by atoms with E-state index in [9.17, 15) is 0 Å². The van der Waals surface area contributed by atoms with E-state index in [4.69, 9.17) is 5.73 Å². The lowest BCUT2D eigenvalue weighted by Crippen LogP contribution is -2.38. The van der Waals surface area contributed by atoms with Crippen molar-refractivity contribution in [2.75, 3.05) is 12.3 Å². The summed E-state index contributed by atoms with van der Waals surface area (Å²) in [5.74, 6) is 0. The molecular weight excluding hydrogens is 264 g/mol. The van der Waals surface area contributed by atoms with Crippen LogP contribution in [-0.2, 0) is 19.4 Å². The molecule has 0 radical (unpaired) electrons. The predicted octanol–water partition coefficient (Wildman–Crippen LogP) is 3.71. The first-order valence-electron chi connectivity index (χ1n) is 7.39. The Morgan fingerprint density at radius 3 is 3.00 bits per heavy atom. The van der Waals surface area contributed by atoms with Gasteiger partial charge in [0.2, 0.25) is 0 Å². The maximum Gasteiger partial charge on any atom is 0.0349 e. The molecule has 0 saturated carbocycles. The zero-order valence-corrected chi connectivity index (χ0v) is 12.8. The number of fused-ring (bicyclic) bond motifs is 1. The van der Waals surface area contributed by atoms with Crippen LogP contribution < -0.4 is 5.73 Å². The summed E-state index contributed by atoms with van der Waals surface area (Å²) in [7, 11) is 0. The Morgan fingerprint density at radius 1 is 1.35 bits per heavy atom. The van der Waals surface area contributed by atoms with Crippen molar-refractivity contribution >= 4 is 17.0 Å². The van der Waals surface area contributed by atoms with Gasteiger partial charge >= 0.3 is 0 Å². The number of hydrogen-bond acceptors (Lipinski definition) is 3. The second kappa shape index (κ2) is 5.98. The highest BCUT2D eigenvalue weighted by atomic mass is 32.1. The van der Waals surface area contributed by atoms with Crippen molar-refractivity contribution in [3.63, 3.8) is 0 Å². The highest BCUT2D eigenvalue weighted by Crippen LogP contribution is 2.29. The largest absolute Gasteiger partial charge is 0.398 e. The van der Waals surface area contributed by atoms with Gasteiger partial charge in [-0.05, 0) is 65.4 Å². The molecule has 0 saturated heterocycles. The van der Waals surface area contributed by atoms with Crippen LogP contribution in [0.4, 0.5) is 5.69 Å². The lowest BCUT2D eigenvalue weighted by molar-refractivity contribution is 0.181. The quantitative estimate of drug-likeness (QED) is 0.868. The molecule has 106 valence electrons. The van der Waals surface area contributed by atoms with E-state index in [2.05, 4.69) is 40.8 Å². The van der Waals surface area contributed by atoms with Crippen LogP contribution in [0.5, 0.6) is 0 Å². The van der Waals surface area contributed by atoms with E-state index in [1.165, 1.54) is 23.1 Å². The Bertz CT molecular complexity index is 562. The monoisotopic (exact) mass is 286 g/mol. The lowest BCUT2D eigenvalue weighted by atomic mass is 9.86. The first kappa shape index (κ1) is 13.7. The number of likely N-dealkylation sites (N-methyl/N-ethyl adjacent to an activating group) is 1. The second-order valence-electron chi connectivity index (χ2n) is 5.58. The number of nitrogen functional groups attached to an aromatic ring is 1. The fourth-order valence-electron chi connectivity index (χ4n) is 3.25. The summed E-state index contributed by atoms with van der Waals surface area (Å²) in [6.45, 7) is 4.45. The van der Waals surface area contributed by atoms with Crippen LogP contribution in [0.15, 0.2) is 35.0 Å². The van der Waals surface area contributed by atoms with Crippen molar-refractivity contribution in [1.82, 2.24) is 4.90 Å². The highest BCUT2D eigenvalue weighted by molar-refractivity contribution is 7.07. The summed E-state index contributed by atoms with van der Waals surface area (Å²) < 4.78 is 0. The molecule has 1 aromatic carbocycles. The molecule has 0 spiro atoms. The normalized spacial score (nSPS) is 18.2. The average Bonchev–Trinajstić information content (AvgIpc) is 2.97. The third-order valence-electron chi connectivity index (χ3n) is 4.38. The van der Waals surface area contributed by atoms with Crippen molar-refractivity contribution in [2.24, 2.45) is 0 Å². The summed E-state index contributed by atoms with van der Waals surface area (Å²) in [6, 6.07) is 9.25. The standard InChI is InChI=1S/C17H22N2S/c1-2-19(11-13-8-9-20-12-13)15-6-7-16-14(10-15)4-3-5-17(16)18/h3-5,8-9,12,15H,2,6-7,10-11,18H2,1H3. The fraction of sp³-hybridized carbons (Fsp3) is 0.412. The first-order valence-corrected chi connectivity index (χ1v) is 8.33. The summed E-state index contributed by atoms with van der Waals surface area (Å²) in [5.41, 5.74) is 11.3. The number of benzene rings is 1. The van der Waals surface area contributed by atoms with Gasteiger partial charge in [-0.1, -0.05) is 19.1 Å². The summed E-state index contributed by atoms with van der Waals surface area (Å²) in [4.78, 5) is 2.61. The van der Waals surface area contributed by atoms with Crippen LogP contribution >= 0.6 is 11.3 Å². The summed E-state index contributed by atoms with van der Waals surface area (Å²) in [6.07, 6.45) is 3.48. The number of nitrogens with two attached hydrogens (primary N) is 1. The molecule has 0 aliphatic heterocycles. The number of nitrogens with zero attached hydrogens (tertiary/aromatic N) is 1. The summed E-state index contributed by atoms with van der Waals surface area (Å²) >= 11 is 1.79. The van der Waals surface area contributed by atoms with E-state index in [1.54, 1.807) is 11.3 Å². The Labute approximate surface area is 125 Å². The van der Waals surface area contributed by atoms with Crippen LogP contribution in [0.25, 0.3) is 0 Å². The molecule has 0 fully saturated rings. The van der Waals surface area contributed by atoms with Gasteiger partial charge in [0.15, 0.2) is 0 Å². The second-order valence-corrected chi connectivity index (χ2v) is 6.36. The van der Waals surface area contributed by atoms with Gasteiger partial charge in [0.05, 0.1) is 0 Å². The Hall–Kier alpha value is -1.32. The Morgan fingerprint density at radius 2 is 2.25 bits per heavy atom. The zero-order chi connectivity index (χ0) is 13.9. The van der Waals surface area contributed by atoms with Crippen molar-refractivity contribution in [3.05, 3.63) is 51.7 Å². The molecule has 1 atom stereocenters. The minimum absolute atomic E-state index is 0.647. The van der Waals surface area contributed by atoms with Gasteiger partial charge in [0.1, 0.15) is 0 Å². The predicted molar refractivity (Wildman–Crippen MR) is 87.1 cm³/mol. The van der Waals surface area contributed by atoms with Crippen molar-refractivity contribution in [2.45, 2.75) is 38.8 Å². The van der Waals surface area contributed by atoms with E-state index in [1.807, 2.05) is 6.07 Å². The molecule has 3 rings (SSSR count). The minimum atomic E-state index is 0.647. The van der Waals surface area contributed by atoms with Gasteiger partial charge in [-0.15, -0.1) is 0 Å². The zero-order valence-electron chi connectivity index (χ0n) is 12.0. The van der Waals surface area contributed by atoms with E-state index < -0.39 is 0 Å². The molecule has 20 heavy (non-hydrogen) atoms. The molecule has 1 aliphatic rings. The van der Waals surface area contributed by atoms with E-state index in [-0.39, 0.29) is 0 Å². The maximum atomic E-state index is 6.09. The molecule has 3 heteroatoms. The molecule has 1 aromatic heterocycles. The molecule has 1 unspecified atom stereocenters. The van der Waals surface area contributed by atoms with Crippen LogP contribution in [0.2, 0.25) is 0 Å². The van der Waals surface area contributed by atoms with Gasteiger partial charge < -0.3 is 5.73 Å². The Kier molecular flexibility index (Phi) is 4.08. The fourth-order valence-corrected chi connectivity index (χ4v) is 3.91. The molecule has 1 heterocycles. The SMILES string of the molecule is CCN(Cc1ccsc1)C1CCc2c(N)cccc2C1. The smallest absolute Gasteiger partial charge is 0.0349 e. The van der Waals surface area contributed by atoms with Gasteiger partial charge in [0.25, 0.3) is 0 Å².